The van der Waals surface area contributed by atoms with Crippen LogP contribution in [0, 0.1) is 0 Å². The van der Waals surface area contributed by atoms with Crippen molar-refractivity contribution in [2.75, 3.05) is 6.79 Å². The quantitative estimate of drug-likeness (QED) is 0.677. The lowest BCUT2D eigenvalue weighted by Crippen LogP contribution is -2.25. The second-order valence-electron chi connectivity index (χ2n) is 6.45. The zero-order valence-corrected chi connectivity index (χ0v) is 15.6. The maximum absolute atomic E-state index is 12.5. The van der Waals surface area contributed by atoms with Gasteiger partial charge in [0.25, 0.3) is 11.8 Å². The molecular formula is C22H19N3O4. The van der Waals surface area contributed by atoms with E-state index < -0.39 is 0 Å². The summed E-state index contributed by atoms with van der Waals surface area (Å²) in [7, 11) is 0. The monoisotopic (exact) mass is 389 g/mol. The summed E-state index contributed by atoms with van der Waals surface area (Å²) in [6.07, 6.45) is 1.67. The summed E-state index contributed by atoms with van der Waals surface area (Å²) in [4.78, 5) is 29.1. The van der Waals surface area contributed by atoms with Gasteiger partial charge in [-0.15, -0.1) is 0 Å². The van der Waals surface area contributed by atoms with E-state index in [9.17, 15) is 9.59 Å². The zero-order chi connectivity index (χ0) is 20.1. The Kier molecular flexibility index (Phi) is 5.38. The molecule has 7 nitrogen and oxygen atoms in total. The molecule has 0 saturated carbocycles. The first kappa shape index (κ1) is 18.5. The Hall–Kier alpha value is -3.87. The second-order valence-corrected chi connectivity index (χ2v) is 6.45. The highest BCUT2D eigenvalue weighted by Gasteiger charge is 2.14. The van der Waals surface area contributed by atoms with Gasteiger partial charge in [-0.05, 0) is 48.0 Å². The fourth-order valence-electron chi connectivity index (χ4n) is 2.91. The van der Waals surface area contributed by atoms with Gasteiger partial charge < -0.3 is 20.1 Å². The summed E-state index contributed by atoms with van der Waals surface area (Å²) in [5.41, 5.74) is 2.48. The molecule has 1 aliphatic rings. The van der Waals surface area contributed by atoms with Crippen molar-refractivity contribution in [2.24, 2.45) is 0 Å². The molecule has 2 N–H and O–H groups in total. The fourth-order valence-corrected chi connectivity index (χ4v) is 2.91. The van der Waals surface area contributed by atoms with Crippen molar-refractivity contribution in [1.29, 1.82) is 0 Å². The minimum atomic E-state index is -0.263. The van der Waals surface area contributed by atoms with Gasteiger partial charge in [0.1, 0.15) is 0 Å². The van der Waals surface area contributed by atoms with E-state index in [2.05, 4.69) is 15.6 Å². The molecule has 7 heteroatoms. The number of benzene rings is 2. The van der Waals surface area contributed by atoms with Gasteiger partial charge in [0.15, 0.2) is 11.5 Å². The lowest BCUT2D eigenvalue weighted by molar-refractivity contribution is 0.0950. The van der Waals surface area contributed by atoms with Crippen LogP contribution in [0.5, 0.6) is 11.5 Å². The molecule has 0 aliphatic carbocycles. The second kappa shape index (κ2) is 8.43. The van der Waals surface area contributed by atoms with Crippen molar-refractivity contribution in [3.63, 3.8) is 0 Å². The first-order valence-electron chi connectivity index (χ1n) is 9.14. The highest BCUT2D eigenvalue weighted by molar-refractivity contribution is 5.99. The average molecular weight is 389 g/mol. The Labute approximate surface area is 167 Å². The van der Waals surface area contributed by atoms with Crippen LogP contribution in [0.15, 0.2) is 66.9 Å². The minimum Gasteiger partial charge on any atom is -0.454 e. The lowest BCUT2D eigenvalue weighted by atomic mass is 10.1. The summed E-state index contributed by atoms with van der Waals surface area (Å²) in [5, 5.41) is 5.66. The van der Waals surface area contributed by atoms with Crippen LogP contribution in [-0.2, 0) is 13.1 Å². The molecule has 0 radical (unpaired) electrons. The number of amides is 2. The number of carbonyl (C=O) groups excluding carboxylic acids is 2. The molecule has 1 aromatic heterocycles. The van der Waals surface area contributed by atoms with Gasteiger partial charge in [0.2, 0.25) is 6.79 Å². The first-order chi connectivity index (χ1) is 14.2. The highest BCUT2D eigenvalue weighted by atomic mass is 16.7. The molecule has 0 atom stereocenters. The van der Waals surface area contributed by atoms with Crippen LogP contribution in [-0.4, -0.2) is 23.6 Å². The molecule has 0 fully saturated rings. The van der Waals surface area contributed by atoms with Crippen LogP contribution in [0.4, 0.5) is 0 Å². The SMILES string of the molecule is O=C(NCc1ccc2c(c1)OCO2)c1cccc(C(=O)NCc2ccccn2)c1. The summed E-state index contributed by atoms with van der Waals surface area (Å²) in [6, 6.07) is 17.6. The number of nitrogens with one attached hydrogen (secondary N) is 2. The van der Waals surface area contributed by atoms with Crippen molar-refractivity contribution in [3.05, 3.63) is 89.2 Å². The fraction of sp³-hybridized carbons (Fsp3) is 0.136. The lowest BCUT2D eigenvalue weighted by Gasteiger charge is -2.08. The number of hydrogen-bond donors (Lipinski definition) is 2. The van der Waals surface area contributed by atoms with Crippen LogP contribution in [0.25, 0.3) is 0 Å². The molecule has 2 aromatic carbocycles. The number of hydrogen-bond acceptors (Lipinski definition) is 5. The first-order valence-corrected chi connectivity index (χ1v) is 9.14. The van der Waals surface area contributed by atoms with E-state index in [1.807, 2.05) is 36.4 Å². The molecule has 2 heterocycles. The van der Waals surface area contributed by atoms with Crippen LogP contribution in [0.1, 0.15) is 32.0 Å². The highest BCUT2D eigenvalue weighted by Crippen LogP contribution is 2.32. The van der Waals surface area contributed by atoms with Gasteiger partial charge in [-0.25, -0.2) is 0 Å². The molecule has 0 bridgehead atoms. The van der Waals surface area contributed by atoms with Gasteiger partial charge in [-0.2, -0.15) is 0 Å². The normalized spacial score (nSPS) is 11.7. The third kappa shape index (κ3) is 4.52. The van der Waals surface area contributed by atoms with Crippen molar-refractivity contribution in [3.8, 4) is 11.5 Å². The van der Waals surface area contributed by atoms with Gasteiger partial charge >= 0.3 is 0 Å². The summed E-state index contributed by atoms with van der Waals surface area (Å²) >= 11 is 0. The Morgan fingerprint density at radius 2 is 1.59 bits per heavy atom. The average Bonchev–Trinajstić information content (AvgIpc) is 3.24. The van der Waals surface area contributed by atoms with Gasteiger partial charge in [0, 0.05) is 23.9 Å². The maximum Gasteiger partial charge on any atom is 0.251 e. The Morgan fingerprint density at radius 1 is 0.828 bits per heavy atom. The third-order valence-corrected chi connectivity index (χ3v) is 4.43. The predicted octanol–water partition coefficient (Wildman–Crippen LogP) is 2.67. The number of rotatable bonds is 6. The van der Waals surface area contributed by atoms with E-state index >= 15 is 0 Å². The largest absolute Gasteiger partial charge is 0.454 e. The Bertz CT molecular complexity index is 1040. The molecule has 29 heavy (non-hydrogen) atoms. The molecule has 0 spiro atoms. The van der Waals surface area contributed by atoms with E-state index in [0.717, 1.165) is 11.3 Å². The number of pyridine rings is 1. The molecule has 3 aromatic rings. The van der Waals surface area contributed by atoms with Gasteiger partial charge in [-0.1, -0.05) is 18.2 Å². The number of ether oxygens (including phenoxy) is 2. The molecule has 1 aliphatic heterocycles. The maximum atomic E-state index is 12.5. The van der Waals surface area contributed by atoms with Crippen LogP contribution >= 0.6 is 0 Å². The van der Waals surface area contributed by atoms with E-state index in [0.29, 0.717) is 35.7 Å². The summed E-state index contributed by atoms with van der Waals surface area (Å²) < 4.78 is 10.6. The molecule has 2 amide bonds. The Balaban J connectivity index is 1.36. The van der Waals surface area contributed by atoms with Gasteiger partial charge in [0.05, 0.1) is 12.2 Å². The summed E-state index contributed by atoms with van der Waals surface area (Å²) in [5.74, 6) is 0.843. The standard InChI is InChI=1S/C22H19N3O4/c26-21(24-12-15-7-8-19-20(10-15)29-14-28-19)16-4-3-5-17(11-16)22(27)25-13-18-6-1-2-9-23-18/h1-11H,12-14H2,(H,24,26)(H,25,27). The van der Waals surface area contributed by atoms with Crippen molar-refractivity contribution in [1.82, 2.24) is 15.6 Å². The molecule has 146 valence electrons. The molecular weight excluding hydrogens is 370 g/mol. The summed E-state index contributed by atoms with van der Waals surface area (Å²) in [6.45, 7) is 0.867. The van der Waals surface area contributed by atoms with Crippen LogP contribution in [0.2, 0.25) is 0 Å². The predicted molar refractivity (Wildman–Crippen MR) is 106 cm³/mol. The van der Waals surface area contributed by atoms with E-state index in [1.54, 1.807) is 30.5 Å². The molecule has 4 rings (SSSR count). The number of nitrogens with zero attached hydrogens (tertiary/aromatic N) is 1. The molecule has 0 saturated heterocycles. The van der Waals surface area contributed by atoms with Crippen LogP contribution < -0.4 is 20.1 Å². The molecule has 0 unspecified atom stereocenters. The number of aromatic nitrogens is 1. The van der Waals surface area contributed by atoms with Gasteiger partial charge in [-0.3, -0.25) is 14.6 Å². The van der Waals surface area contributed by atoms with E-state index in [1.165, 1.54) is 0 Å². The van der Waals surface area contributed by atoms with Crippen LogP contribution in [0.3, 0.4) is 0 Å². The van der Waals surface area contributed by atoms with Crippen molar-refractivity contribution >= 4 is 11.8 Å². The third-order valence-electron chi connectivity index (χ3n) is 4.43. The van der Waals surface area contributed by atoms with Crippen molar-refractivity contribution in [2.45, 2.75) is 13.1 Å². The van der Waals surface area contributed by atoms with E-state index in [-0.39, 0.29) is 18.6 Å². The Morgan fingerprint density at radius 3 is 2.34 bits per heavy atom. The number of carbonyl (C=O) groups is 2. The zero-order valence-electron chi connectivity index (χ0n) is 15.6. The minimum absolute atomic E-state index is 0.209. The van der Waals surface area contributed by atoms with Crippen molar-refractivity contribution < 1.29 is 19.1 Å². The topological polar surface area (TPSA) is 89.5 Å². The smallest absolute Gasteiger partial charge is 0.251 e. The van der Waals surface area contributed by atoms with E-state index in [4.69, 9.17) is 9.47 Å². The number of fused-ring (bicyclic) bond motifs is 1.